The minimum Gasteiger partial charge on any atom is -0.319 e. The first-order valence-electron chi connectivity index (χ1n) is 6.55. The Morgan fingerprint density at radius 1 is 1.17 bits per heavy atom. The van der Waals surface area contributed by atoms with Crippen molar-refractivity contribution in [3.05, 3.63) is 35.4 Å². The number of hydrogen-bond acceptors (Lipinski definition) is 1. The topological polar surface area (TPSA) is 12.0 Å². The van der Waals surface area contributed by atoms with Gasteiger partial charge in [-0.2, -0.15) is 0 Å². The molecule has 3 heteroatoms. The average Bonchev–Trinajstić information content (AvgIpc) is 2.36. The molecular formula is C15H23F2N. The van der Waals surface area contributed by atoms with E-state index >= 15 is 0 Å². The van der Waals surface area contributed by atoms with Gasteiger partial charge in [0.15, 0.2) is 0 Å². The van der Waals surface area contributed by atoms with Gasteiger partial charge in [0.2, 0.25) is 0 Å². The minimum absolute atomic E-state index is 0.112. The van der Waals surface area contributed by atoms with Crippen molar-refractivity contribution in [3.63, 3.8) is 0 Å². The Morgan fingerprint density at radius 2 is 1.72 bits per heavy atom. The van der Waals surface area contributed by atoms with Crippen LogP contribution in [0.4, 0.5) is 8.78 Å². The SMILES string of the molecule is CCC(F)(F)c1ccc(C(CNC)C(C)C)cc1. The second-order valence-electron chi connectivity index (χ2n) is 5.09. The Balaban J connectivity index is 2.93. The van der Waals surface area contributed by atoms with Gasteiger partial charge in [0, 0.05) is 18.5 Å². The van der Waals surface area contributed by atoms with Gasteiger partial charge >= 0.3 is 0 Å². The van der Waals surface area contributed by atoms with Gasteiger partial charge in [0.05, 0.1) is 0 Å². The fourth-order valence-corrected chi connectivity index (χ4v) is 2.14. The lowest BCUT2D eigenvalue weighted by Crippen LogP contribution is -2.21. The molecule has 0 saturated carbocycles. The molecule has 0 aromatic heterocycles. The predicted octanol–water partition coefficient (Wildman–Crippen LogP) is 4.15. The highest BCUT2D eigenvalue weighted by Gasteiger charge is 2.28. The smallest absolute Gasteiger partial charge is 0.273 e. The van der Waals surface area contributed by atoms with E-state index in [4.69, 9.17) is 0 Å². The Labute approximate surface area is 109 Å². The molecule has 0 amide bonds. The van der Waals surface area contributed by atoms with Crippen molar-refractivity contribution in [2.45, 2.75) is 39.0 Å². The summed E-state index contributed by atoms with van der Waals surface area (Å²) in [6.07, 6.45) is -0.156. The van der Waals surface area contributed by atoms with Crippen LogP contribution in [0.5, 0.6) is 0 Å². The average molecular weight is 255 g/mol. The van der Waals surface area contributed by atoms with E-state index in [9.17, 15) is 8.78 Å². The molecule has 0 aliphatic heterocycles. The van der Waals surface area contributed by atoms with Crippen LogP contribution in [-0.2, 0) is 5.92 Å². The first kappa shape index (κ1) is 15.1. The lowest BCUT2D eigenvalue weighted by molar-refractivity contribution is -0.00830. The van der Waals surface area contributed by atoms with Crippen molar-refractivity contribution in [1.29, 1.82) is 0 Å². The number of hydrogen-bond donors (Lipinski definition) is 1. The fourth-order valence-electron chi connectivity index (χ4n) is 2.14. The maximum Gasteiger partial charge on any atom is 0.273 e. The highest BCUT2D eigenvalue weighted by molar-refractivity contribution is 5.28. The lowest BCUT2D eigenvalue weighted by Gasteiger charge is -2.22. The Bertz CT molecular complexity index is 357. The molecule has 0 bridgehead atoms. The molecule has 1 aromatic carbocycles. The quantitative estimate of drug-likeness (QED) is 0.805. The van der Waals surface area contributed by atoms with Gasteiger partial charge in [-0.3, -0.25) is 0 Å². The first-order valence-corrected chi connectivity index (χ1v) is 6.55. The number of rotatable bonds is 6. The maximum absolute atomic E-state index is 13.5. The summed E-state index contributed by atoms with van der Waals surface area (Å²) < 4.78 is 27.0. The second kappa shape index (κ2) is 6.28. The van der Waals surface area contributed by atoms with Crippen molar-refractivity contribution in [2.24, 2.45) is 5.92 Å². The summed E-state index contributed by atoms with van der Waals surface area (Å²) in [5, 5.41) is 3.16. The van der Waals surface area contributed by atoms with Crippen molar-refractivity contribution in [3.8, 4) is 0 Å². The van der Waals surface area contributed by atoms with Crippen LogP contribution in [0.2, 0.25) is 0 Å². The van der Waals surface area contributed by atoms with Crippen LogP contribution < -0.4 is 5.32 Å². The van der Waals surface area contributed by atoms with Gasteiger partial charge in [-0.25, -0.2) is 8.78 Å². The molecule has 1 nitrogen and oxygen atoms in total. The van der Waals surface area contributed by atoms with Crippen LogP contribution in [-0.4, -0.2) is 13.6 Å². The van der Waals surface area contributed by atoms with Gasteiger partial charge in [-0.15, -0.1) is 0 Å². The van der Waals surface area contributed by atoms with Crippen LogP contribution in [0, 0.1) is 5.92 Å². The summed E-state index contributed by atoms with van der Waals surface area (Å²) >= 11 is 0. The van der Waals surface area contributed by atoms with E-state index in [1.54, 1.807) is 12.1 Å². The lowest BCUT2D eigenvalue weighted by atomic mass is 9.87. The molecule has 0 aliphatic carbocycles. The van der Waals surface area contributed by atoms with E-state index in [1.807, 2.05) is 19.2 Å². The van der Waals surface area contributed by atoms with Gasteiger partial charge in [0.1, 0.15) is 0 Å². The Kier molecular flexibility index (Phi) is 5.27. The molecule has 0 spiro atoms. The van der Waals surface area contributed by atoms with Crippen LogP contribution in [0.25, 0.3) is 0 Å². The van der Waals surface area contributed by atoms with E-state index in [0.717, 1.165) is 12.1 Å². The van der Waals surface area contributed by atoms with Gasteiger partial charge in [-0.1, -0.05) is 45.0 Å². The van der Waals surface area contributed by atoms with Crippen molar-refractivity contribution >= 4 is 0 Å². The summed E-state index contributed by atoms with van der Waals surface area (Å²) in [4.78, 5) is 0. The number of benzene rings is 1. The van der Waals surface area contributed by atoms with E-state index in [-0.39, 0.29) is 12.0 Å². The molecule has 1 N–H and O–H groups in total. The molecule has 1 atom stereocenters. The monoisotopic (exact) mass is 255 g/mol. The molecule has 1 rings (SSSR count). The van der Waals surface area contributed by atoms with Crippen LogP contribution in [0.3, 0.4) is 0 Å². The maximum atomic E-state index is 13.5. The third kappa shape index (κ3) is 3.52. The highest BCUT2D eigenvalue weighted by Crippen LogP contribution is 2.32. The number of halogens is 2. The zero-order valence-corrected chi connectivity index (χ0v) is 11.6. The van der Waals surface area contributed by atoms with Crippen molar-refractivity contribution in [2.75, 3.05) is 13.6 Å². The summed E-state index contributed by atoms with van der Waals surface area (Å²) in [6.45, 7) is 6.67. The molecule has 0 heterocycles. The minimum atomic E-state index is -2.71. The van der Waals surface area contributed by atoms with Gasteiger partial charge in [0.25, 0.3) is 5.92 Å². The van der Waals surface area contributed by atoms with Gasteiger partial charge in [-0.05, 0) is 24.4 Å². The molecule has 1 aromatic rings. The molecule has 0 saturated heterocycles. The van der Waals surface area contributed by atoms with E-state index in [1.165, 1.54) is 6.92 Å². The number of likely N-dealkylation sites (N-methyl/N-ethyl adjacent to an activating group) is 1. The zero-order valence-electron chi connectivity index (χ0n) is 11.6. The van der Waals surface area contributed by atoms with E-state index in [2.05, 4.69) is 19.2 Å². The predicted molar refractivity (Wildman–Crippen MR) is 72.1 cm³/mol. The fraction of sp³-hybridized carbons (Fsp3) is 0.600. The van der Waals surface area contributed by atoms with E-state index in [0.29, 0.717) is 11.8 Å². The summed E-state index contributed by atoms with van der Waals surface area (Å²) in [6, 6.07) is 6.79. The number of nitrogens with one attached hydrogen (secondary N) is 1. The standard InChI is InChI=1S/C15H23F2N/c1-5-15(16,17)13-8-6-12(7-9-13)14(10-18-4)11(2)3/h6-9,11,14,18H,5,10H2,1-4H3. The molecule has 18 heavy (non-hydrogen) atoms. The molecule has 0 aliphatic rings. The number of alkyl halides is 2. The second-order valence-corrected chi connectivity index (χ2v) is 5.09. The largest absolute Gasteiger partial charge is 0.319 e. The summed E-state index contributed by atoms with van der Waals surface area (Å²) in [5.41, 5.74) is 1.23. The molecule has 1 unspecified atom stereocenters. The third-order valence-corrected chi connectivity index (χ3v) is 3.43. The first-order chi connectivity index (χ1) is 8.42. The van der Waals surface area contributed by atoms with Crippen molar-refractivity contribution in [1.82, 2.24) is 5.32 Å². The zero-order chi connectivity index (χ0) is 13.8. The van der Waals surface area contributed by atoms with Crippen LogP contribution >= 0.6 is 0 Å². The molecule has 0 fully saturated rings. The third-order valence-electron chi connectivity index (χ3n) is 3.43. The normalized spacial score (nSPS) is 13.9. The summed E-state index contributed by atoms with van der Waals surface area (Å²) in [5.74, 6) is -1.87. The van der Waals surface area contributed by atoms with Crippen LogP contribution in [0.1, 0.15) is 44.2 Å². The van der Waals surface area contributed by atoms with Gasteiger partial charge < -0.3 is 5.32 Å². The molecule has 0 radical (unpaired) electrons. The Morgan fingerprint density at radius 3 is 2.11 bits per heavy atom. The van der Waals surface area contributed by atoms with Crippen molar-refractivity contribution < 1.29 is 8.78 Å². The van der Waals surface area contributed by atoms with E-state index < -0.39 is 5.92 Å². The molecular weight excluding hydrogens is 232 g/mol. The highest BCUT2D eigenvalue weighted by atomic mass is 19.3. The Hall–Kier alpha value is -0.960. The molecule has 102 valence electrons. The van der Waals surface area contributed by atoms with Crippen LogP contribution in [0.15, 0.2) is 24.3 Å². The summed E-state index contributed by atoms with van der Waals surface area (Å²) in [7, 11) is 1.91.